The molecule has 21 heavy (non-hydrogen) atoms. The number of rotatable bonds is 4. The number of ether oxygens (including phenoxy) is 1. The number of carbonyl (C=O) groups excluding carboxylic acids is 2. The van der Waals surface area contributed by atoms with Crippen LogP contribution >= 0.6 is 0 Å². The molecule has 1 N–H and O–H groups in total. The van der Waals surface area contributed by atoms with Crippen LogP contribution < -0.4 is 5.32 Å². The smallest absolute Gasteiger partial charge is 0.338 e. The number of nitrogens with one attached hydrogen (secondary N) is 1. The SMILES string of the molecule is CC(C)OC(=O)c1ccc(NC(=O)c2ccncc2)cc1. The van der Waals surface area contributed by atoms with Gasteiger partial charge in [-0.05, 0) is 50.2 Å². The van der Waals surface area contributed by atoms with Crippen molar-refractivity contribution in [3.05, 3.63) is 59.9 Å². The van der Waals surface area contributed by atoms with Crippen LogP contribution in [0.1, 0.15) is 34.6 Å². The van der Waals surface area contributed by atoms with Crippen LogP contribution in [0.25, 0.3) is 0 Å². The van der Waals surface area contributed by atoms with Crippen molar-refractivity contribution in [2.24, 2.45) is 0 Å². The van der Waals surface area contributed by atoms with Gasteiger partial charge in [-0.1, -0.05) is 0 Å². The minimum atomic E-state index is -0.378. The van der Waals surface area contributed by atoms with Gasteiger partial charge in [0, 0.05) is 23.6 Å². The summed E-state index contributed by atoms with van der Waals surface area (Å²) >= 11 is 0. The highest BCUT2D eigenvalue weighted by Gasteiger charge is 2.10. The molecule has 2 rings (SSSR count). The third-order valence-electron chi connectivity index (χ3n) is 2.66. The quantitative estimate of drug-likeness (QED) is 0.876. The van der Waals surface area contributed by atoms with Crippen LogP contribution in [-0.2, 0) is 4.74 Å². The van der Waals surface area contributed by atoms with Crippen molar-refractivity contribution in [2.45, 2.75) is 20.0 Å². The van der Waals surface area contributed by atoms with Gasteiger partial charge in [-0.2, -0.15) is 0 Å². The zero-order valence-corrected chi connectivity index (χ0v) is 11.9. The summed E-state index contributed by atoms with van der Waals surface area (Å²) < 4.78 is 5.09. The molecule has 0 aliphatic rings. The molecular formula is C16H16N2O3. The van der Waals surface area contributed by atoms with E-state index in [9.17, 15) is 9.59 Å². The van der Waals surface area contributed by atoms with Gasteiger partial charge in [-0.15, -0.1) is 0 Å². The number of aromatic nitrogens is 1. The normalized spacial score (nSPS) is 10.2. The molecular weight excluding hydrogens is 268 g/mol. The maximum atomic E-state index is 11.9. The van der Waals surface area contributed by atoms with Crippen LogP contribution in [0.15, 0.2) is 48.8 Å². The van der Waals surface area contributed by atoms with Crippen LogP contribution in [0.2, 0.25) is 0 Å². The number of benzene rings is 1. The summed E-state index contributed by atoms with van der Waals surface area (Å²) in [6, 6.07) is 9.82. The van der Waals surface area contributed by atoms with E-state index in [0.29, 0.717) is 16.8 Å². The molecule has 5 nitrogen and oxygen atoms in total. The Hall–Kier alpha value is -2.69. The molecule has 1 heterocycles. The topological polar surface area (TPSA) is 68.3 Å². The van der Waals surface area contributed by atoms with Crippen molar-refractivity contribution < 1.29 is 14.3 Å². The van der Waals surface area contributed by atoms with E-state index in [1.165, 1.54) is 0 Å². The molecule has 0 saturated carbocycles. The highest BCUT2D eigenvalue weighted by Crippen LogP contribution is 2.12. The van der Waals surface area contributed by atoms with Gasteiger partial charge in [0.15, 0.2) is 0 Å². The van der Waals surface area contributed by atoms with Gasteiger partial charge in [-0.3, -0.25) is 9.78 Å². The summed E-state index contributed by atoms with van der Waals surface area (Å²) in [5.74, 6) is -0.605. The summed E-state index contributed by atoms with van der Waals surface area (Å²) in [7, 11) is 0. The summed E-state index contributed by atoms with van der Waals surface area (Å²) in [4.78, 5) is 27.5. The fourth-order valence-electron chi connectivity index (χ4n) is 1.68. The molecule has 0 saturated heterocycles. The molecule has 0 atom stereocenters. The van der Waals surface area contributed by atoms with Gasteiger partial charge >= 0.3 is 5.97 Å². The molecule has 108 valence electrons. The summed E-state index contributed by atoms with van der Waals surface area (Å²) in [6.07, 6.45) is 2.95. The van der Waals surface area contributed by atoms with Crippen molar-refractivity contribution in [3.8, 4) is 0 Å². The van der Waals surface area contributed by atoms with Crippen molar-refractivity contribution >= 4 is 17.6 Å². The number of anilines is 1. The fourth-order valence-corrected chi connectivity index (χ4v) is 1.68. The third-order valence-corrected chi connectivity index (χ3v) is 2.66. The number of hydrogen-bond donors (Lipinski definition) is 1. The van der Waals surface area contributed by atoms with Crippen LogP contribution in [0, 0.1) is 0 Å². The Balaban J connectivity index is 2.03. The number of hydrogen-bond acceptors (Lipinski definition) is 4. The summed E-state index contributed by atoms with van der Waals surface area (Å²) in [6.45, 7) is 3.59. The molecule has 0 fully saturated rings. The average molecular weight is 284 g/mol. The van der Waals surface area contributed by atoms with Crippen LogP contribution in [0.5, 0.6) is 0 Å². The predicted octanol–water partition coefficient (Wildman–Crippen LogP) is 2.90. The molecule has 2 aromatic rings. The van der Waals surface area contributed by atoms with E-state index in [-0.39, 0.29) is 18.0 Å². The number of amides is 1. The minimum absolute atomic E-state index is 0.163. The Kier molecular flexibility index (Phi) is 4.66. The van der Waals surface area contributed by atoms with Gasteiger partial charge in [0.05, 0.1) is 11.7 Å². The Morgan fingerprint density at radius 3 is 2.19 bits per heavy atom. The molecule has 0 aliphatic carbocycles. The lowest BCUT2D eigenvalue weighted by atomic mass is 10.2. The highest BCUT2D eigenvalue weighted by molar-refractivity contribution is 6.04. The van der Waals surface area contributed by atoms with Crippen molar-refractivity contribution in [1.29, 1.82) is 0 Å². The van der Waals surface area contributed by atoms with E-state index in [1.807, 2.05) is 0 Å². The Labute approximate surface area is 123 Å². The standard InChI is InChI=1S/C16H16N2O3/c1-11(2)21-16(20)13-3-5-14(6-4-13)18-15(19)12-7-9-17-10-8-12/h3-11H,1-2H3,(H,18,19). The summed E-state index contributed by atoms with van der Waals surface area (Å²) in [5, 5.41) is 2.75. The van der Waals surface area contributed by atoms with Crippen molar-refractivity contribution in [1.82, 2.24) is 4.98 Å². The number of pyridine rings is 1. The first-order valence-electron chi connectivity index (χ1n) is 6.58. The zero-order valence-electron chi connectivity index (χ0n) is 11.9. The number of carbonyl (C=O) groups is 2. The van der Waals surface area contributed by atoms with Gasteiger partial charge in [0.2, 0.25) is 0 Å². The molecule has 1 aromatic heterocycles. The molecule has 0 radical (unpaired) electrons. The maximum Gasteiger partial charge on any atom is 0.338 e. The predicted molar refractivity (Wildman–Crippen MR) is 79.2 cm³/mol. The third kappa shape index (κ3) is 4.14. The molecule has 0 bridgehead atoms. The number of esters is 1. The van der Waals surface area contributed by atoms with Crippen molar-refractivity contribution in [2.75, 3.05) is 5.32 Å². The Bertz CT molecular complexity index is 622. The van der Waals surface area contributed by atoms with E-state index in [4.69, 9.17) is 4.74 Å². The second-order valence-electron chi connectivity index (χ2n) is 4.72. The summed E-state index contributed by atoms with van der Waals surface area (Å²) in [5.41, 5.74) is 1.58. The molecule has 5 heteroatoms. The largest absolute Gasteiger partial charge is 0.459 e. The molecule has 0 spiro atoms. The van der Waals surface area contributed by atoms with E-state index >= 15 is 0 Å². The first-order valence-corrected chi connectivity index (χ1v) is 6.58. The minimum Gasteiger partial charge on any atom is -0.459 e. The molecule has 1 amide bonds. The monoisotopic (exact) mass is 284 g/mol. The van der Waals surface area contributed by atoms with Crippen LogP contribution in [-0.4, -0.2) is 23.0 Å². The van der Waals surface area contributed by atoms with E-state index in [2.05, 4.69) is 10.3 Å². The lowest BCUT2D eigenvalue weighted by Crippen LogP contribution is -2.13. The molecule has 1 aromatic carbocycles. The van der Waals surface area contributed by atoms with Crippen molar-refractivity contribution in [3.63, 3.8) is 0 Å². The van der Waals surface area contributed by atoms with Crippen LogP contribution in [0.4, 0.5) is 5.69 Å². The van der Waals surface area contributed by atoms with E-state index < -0.39 is 0 Å². The van der Waals surface area contributed by atoms with Gasteiger partial charge in [0.25, 0.3) is 5.91 Å². The Morgan fingerprint density at radius 2 is 1.62 bits per heavy atom. The average Bonchev–Trinajstić information content (AvgIpc) is 2.48. The second-order valence-corrected chi connectivity index (χ2v) is 4.72. The van der Waals surface area contributed by atoms with Gasteiger partial charge < -0.3 is 10.1 Å². The molecule has 0 aliphatic heterocycles. The lowest BCUT2D eigenvalue weighted by molar-refractivity contribution is 0.0378. The van der Waals surface area contributed by atoms with E-state index in [0.717, 1.165) is 0 Å². The number of nitrogens with zero attached hydrogens (tertiary/aromatic N) is 1. The van der Waals surface area contributed by atoms with Crippen LogP contribution in [0.3, 0.4) is 0 Å². The fraction of sp³-hybridized carbons (Fsp3) is 0.188. The highest BCUT2D eigenvalue weighted by atomic mass is 16.5. The maximum absolute atomic E-state index is 11.9. The first-order chi connectivity index (χ1) is 10.1. The zero-order chi connectivity index (χ0) is 15.2. The first kappa shape index (κ1) is 14.7. The Morgan fingerprint density at radius 1 is 1.00 bits per heavy atom. The van der Waals surface area contributed by atoms with Gasteiger partial charge in [0.1, 0.15) is 0 Å². The lowest BCUT2D eigenvalue weighted by Gasteiger charge is -2.09. The second kappa shape index (κ2) is 6.65. The van der Waals surface area contributed by atoms with Gasteiger partial charge in [-0.25, -0.2) is 4.79 Å². The van der Waals surface area contributed by atoms with E-state index in [1.54, 1.807) is 62.6 Å². The molecule has 0 unspecified atom stereocenters.